The molecule has 0 bridgehead atoms. The zero-order valence-corrected chi connectivity index (χ0v) is 9.96. The first-order valence-corrected chi connectivity index (χ1v) is 5.99. The van der Waals surface area contributed by atoms with Gasteiger partial charge < -0.3 is 4.98 Å². The van der Waals surface area contributed by atoms with Crippen LogP contribution in [-0.4, -0.2) is 4.98 Å². The summed E-state index contributed by atoms with van der Waals surface area (Å²) in [5.41, 5.74) is 4.94. The Bertz CT molecular complexity index is 704. The Balaban J connectivity index is 2.51. The van der Waals surface area contributed by atoms with Crippen molar-refractivity contribution in [2.75, 3.05) is 0 Å². The van der Waals surface area contributed by atoms with E-state index in [1.807, 2.05) is 6.08 Å². The molecule has 0 unspecified atom stereocenters. The van der Waals surface area contributed by atoms with Gasteiger partial charge in [-0.15, -0.1) is 0 Å². The molecule has 3 aromatic rings. The molecule has 0 spiro atoms. The van der Waals surface area contributed by atoms with Crippen molar-refractivity contribution in [1.29, 1.82) is 0 Å². The van der Waals surface area contributed by atoms with Crippen molar-refractivity contribution in [3.8, 4) is 0 Å². The lowest BCUT2D eigenvalue weighted by Gasteiger charge is -2.02. The monoisotopic (exact) mass is 221 g/mol. The van der Waals surface area contributed by atoms with E-state index in [2.05, 4.69) is 54.9 Å². The Hall–Kier alpha value is -2.02. The van der Waals surface area contributed by atoms with Crippen LogP contribution in [0.3, 0.4) is 0 Å². The fourth-order valence-corrected chi connectivity index (χ4v) is 2.41. The zero-order valence-electron chi connectivity index (χ0n) is 9.96. The molecule has 17 heavy (non-hydrogen) atoms. The summed E-state index contributed by atoms with van der Waals surface area (Å²) in [6, 6.07) is 12.9. The maximum Gasteiger partial charge on any atom is 0.0538 e. The molecule has 0 aliphatic carbocycles. The molecule has 3 rings (SSSR count). The molecule has 0 aliphatic rings. The average Bonchev–Trinajstić information content (AvgIpc) is 2.76. The highest BCUT2D eigenvalue weighted by atomic mass is 14.7. The summed E-state index contributed by atoms with van der Waals surface area (Å²) in [7, 11) is 0. The van der Waals surface area contributed by atoms with Crippen LogP contribution in [-0.2, 0) is 6.42 Å². The lowest BCUT2D eigenvalue weighted by molar-refractivity contribution is 1.14. The Morgan fingerprint density at radius 1 is 1.18 bits per heavy atom. The zero-order chi connectivity index (χ0) is 11.8. The summed E-state index contributed by atoms with van der Waals surface area (Å²) < 4.78 is 0. The van der Waals surface area contributed by atoms with E-state index in [4.69, 9.17) is 0 Å². The fraction of sp³-hybridized carbons (Fsp3) is 0.125. The number of benzene rings is 2. The van der Waals surface area contributed by atoms with E-state index < -0.39 is 0 Å². The predicted molar refractivity (Wildman–Crippen MR) is 75.3 cm³/mol. The average molecular weight is 221 g/mol. The molecular weight excluding hydrogens is 206 g/mol. The number of nitrogens with one attached hydrogen (secondary N) is 1. The van der Waals surface area contributed by atoms with E-state index in [1.165, 1.54) is 32.9 Å². The van der Waals surface area contributed by atoms with Gasteiger partial charge in [0.2, 0.25) is 0 Å². The van der Waals surface area contributed by atoms with Crippen molar-refractivity contribution >= 4 is 27.9 Å². The number of aromatic amines is 1. The van der Waals surface area contributed by atoms with E-state index in [-0.39, 0.29) is 0 Å². The van der Waals surface area contributed by atoms with Gasteiger partial charge in [0.05, 0.1) is 5.52 Å². The van der Waals surface area contributed by atoms with Crippen LogP contribution in [0.1, 0.15) is 18.1 Å². The van der Waals surface area contributed by atoms with E-state index >= 15 is 0 Å². The molecular formula is C16H15N. The quantitative estimate of drug-likeness (QED) is 0.654. The molecule has 0 radical (unpaired) electrons. The van der Waals surface area contributed by atoms with E-state index in [0.717, 1.165) is 6.42 Å². The van der Waals surface area contributed by atoms with Crippen molar-refractivity contribution in [3.05, 3.63) is 54.1 Å². The summed E-state index contributed by atoms with van der Waals surface area (Å²) in [4.78, 5) is 3.48. The van der Waals surface area contributed by atoms with Crippen LogP contribution in [0.15, 0.2) is 43.0 Å². The van der Waals surface area contributed by atoms with Gasteiger partial charge in [-0.3, -0.25) is 0 Å². The number of hydrogen-bond donors (Lipinski definition) is 1. The largest absolute Gasteiger partial charge is 0.354 e. The van der Waals surface area contributed by atoms with E-state index in [1.54, 1.807) is 0 Å². The number of H-pyrrole nitrogens is 1. The fourth-order valence-electron chi connectivity index (χ4n) is 2.41. The molecule has 2 aromatic carbocycles. The van der Waals surface area contributed by atoms with Crippen molar-refractivity contribution in [1.82, 2.24) is 4.98 Å². The van der Waals surface area contributed by atoms with Gasteiger partial charge in [0.15, 0.2) is 0 Å². The maximum absolute atomic E-state index is 3.91. The lowest BCUT2D eigenvalue weighted by atomic mass is 10.0. The molecule has 0 fully saturated rings. The van der Waals surface area contributed by atoms with Crippen LogP contribution in [0.2, 0.25) is 0 Å². The summed E-state index contributed by atoms with van der Waals surface area (Å²) in [6.07, 6.45) is 2.98. The Morgan fingerprint density at radius 2 is 2.00 bits per heavy atom. The normalized spacial score (nSPS) is 11.1. The van der Waals surface area contributed by atoms with Gasteiger partial charge in [0, 0.05) is 16.3 Å². The standard InChI is InChI=1S/C16H15N/c1-3-11-9-12(4-2)16-14(10-11)13-7-5-6-8-15(13)17-16/h4-10,17H,2-3H2,1H3. The number of rotatable bonds is 2. The molecule has 0 atom stereocenters. The van der Waals surface area contributed by atoms with Gasteiger partial charge in [-0.2, -0.15) is 0 Å². The summed E-state index contributed by atoms with van der Waals surface area (Å²) in [5, 5.41) is 2.59. The molecule has 0 saturated carbocycles. The Morgan fingerprint density at radius 3 is 2.76 bits per heavy atom. The molecule has 1 heteroatoms. The highest BCUT2D eigenvalue weighted by Crippen LogP contribution is 2.29. The van der Waals surface area contributed by atoms with Crippen molar-refractivity contribution in [2.45, 2.75) is 13.3 Å². The van der Waals surface area contributed by atoms with Crippen molar-refractivity contribution in [3.63, 3.8) is 0 Å². The highest BCUT2D eigenvalue weighted by Gasteiger charge is 2.07. The molecule has 0 amide bonds. The second-order valence-corrected chi connectivity index (χ2v) is 4.34. The third-order valence-corrected chi connectivity index (χ3v) is 3.33. The first-order chi connectivity index (χ1) is 8.33. The molecule has 0 aliphatic heterocycles. The van der Waals surface area contributed by atoms with Gasteiger partial charge in [0.1, 0.15) is 0 Å². The summed E-state index contributed by atoms with van der Waals surface area (Å²) in [6.45, 7) is 6.09. The number of fused-ring (bicyclic) bond motifs is 3. The minimum absolute atomic E-state index is 1.05. The first kappa shape index (κ1) is 10.2. The van der Waals surface area contributed by atoms with Gasteiger partial charge in [0.25, 0.3) is 0 Å². The van der Waals surface area contributed by atoms with Crippen LogP contribution < -0.4 is 0 Å². The second-order valence-electron chi connectivity index (χ2n) is 4.34. The van der Waals surface area contributed by atoms with Crippen LogP contribution >= 0.6 is 0 Å². The van der Waals surface area contributed by atoms with Crippen molar-refractivity contribution < 1.29 is 0 Å². The number of hydrogen-bond acceptors (Lipinski definition) is 0. The van der Waals surface area contributed by atoms with Crippen LogP contribution in [0, 0.1) is 0 Å². The highest BCUT2D eigenvalue weighted by molar-refractivity contribution is 6.09. The first-order valence-electron chi connectivity index (χ1n) is 5.99. The van der Waals surface area contributed by atoms with Gasteiger partial charge in [-0.25, -0.2) is 0 Å². The van der Waals surface area contributed by atoms with Crippen molar-refractivity contribution in [2.24, 2.45) is 0 Å². The number of aryl methyl sites for hydroxylation is 1. The second kappa shape index (κ2) is 3.77. The van der Waals surface area contributed by atoms with Crippen LogP contribution in [0.4, 0.5) is 0 Å². The van der Waals surface area contributed by atoms with Gasteiger partial charge >= 0.3 is 0 Å². The molecule has 1 N–H and O–H groups in total. The molecule has 1 aromatic heterocycles. The SMILES string of the molecule is C=Cc1cc(CC)cc2c1[nH]c1ccccc12. The smallest absolute Gasteiger partial charge is 0.0538 e. The molecule has 0 saturated heterocycles. The predicted octanol–water partition coefficient (Wildman–Crippen LogP) is 4.53. The third kappa shape index (κ3) is 1.47. The van der Waals surface area contributed by atoms with E-state index in [9.17, 15) is 0 Å². The minimum Gasteiger partial charge on any atom is -0.354 e. The lowest BCUT2D eigenvalue weighted by Crippen LogP contribution is -1.83. The molecule has 1 nitrogen and oxygen atoms in total. The van der Waals surface area contributed by atoms with Gasteiger partial charge in [-0.05, 0) is 35.7 Å². The van der Waals surface area contributed by atoms with Crippen LogP contribution in [0.5, 0.6) is 0 Å². The molecule has 84 valence electrons. The van der Waals surface area contributed by atoms with Crippen LogP contribution in [0.25, 0.3) is 27.9 Å². The van der Waals surface area contributed by atoms with Gasteiger partial charge in [-0.1, -0.05) is 37.8 Å². The molecule has 1 heterocycles. The Kier molecular flexibility index (Phi) is 2.25. The maximum atomic E-state index is 3.91. The number of para-hydroxylation sites is 1. The Labute approximate surface area is 101 Å². The topological polar surface area (TPSA) is 15.8 Å². The third-order valence-electron chi connectivity index (χ3n) is 3.33. The van der Waals surface area contributed by atoms with E-state index in [0.29, 0.717) is 0 Å². The summed E-state index contributed by atoms with van der Waals surface area (Å²) >= 11 is 0. The number of aromatic nitrogens is 1. The minimum atomic E-state index is 1.05. The summed E-state index contributed by atoms with van der Waals surface area (Å²) in [5.74, 6) is 0.